The van der Waals surface area contributed by atoms with Crippen molar-refractivity contribution in [2.24, 2.45) is 0 Å². The fraction of sp³-hybridized carbons (Fsp3) is 0.190. The molecule has 0 saturated heterocycles. The van der Waals surface area contributed by atoms with Gasteiger partial charge in [-0.3, -0.25) is 4.79 Å². The van der Waals surface area contributed by atoms with E-state index in [2.05, 4.69) is 4.79 Å². The summed E-state index contributed by atoms with van der Waals surface area (Å²) in [7, 11) is 0. The third kappa shape index (κ3) is 5.31. The van der Waals surface area contributed by atoms with Gasteiger partial charge in [-0.05, 0) is 24.1 Å². The molecule has 6 nitrogen and oxygen atoms in total. The fourth-order valence-corrected chi connectivity index (χ4v) is 2.52. The molecule has 1 N–H and O–H groups in total. The van der Waals surface area contributed by atoms with E-state index < -0.39 is 29.5 Å². The van der Waals surface area contributed by atoms with E-state index in [0.29, 0.717) is 5.56 Å². The second kappa shape index (κ2) is 9.38. The highest BCUT2D eigenvalue weighted by Crippen LogP contribution is 2.28. The minimum absolute atomic E-state index is 0.0298. The smallest absolute Gasteiger partial charge is 0.441 e. The molecular weight excluding hydrogens is 344 g/mol. The van der Waals surface area contributed by atoms with Crippen LogP contribution in [0.15, 0.2) is 66.7 Å². The molecule has 6 heteroatoms. The van der Waals surface area contributed by atoms with Gasteiger partial charge in [-0.25, -0.2) is 4.79 Å². The second-order valence-corrected chi connectivity index (χ2v) is 5.80. The van der Waals surface area contributed by atoms with Crippen LogP contribution >= 0.6 is 0 Å². The highest BCUT2D eigenvalue weighted by molar-refractivity contribution is 6.62. The van der Waals surface area contributed by atoms with E-state index in [-0.39, 0.29) is 6.61 Å². The second-order valence-electron chi connectivity index (χ2n) is 5.80. The van der Waals surface area contributed by atoms with Crippen molar-refractivity contribution in [2.45, 2.75) is 18.9 Å². The summed E-state index contributed by atoms with van der Waals surface area (Å²) in [6.45, 7) is 1.60. The molecule has 0 heterocycles. The number of nitrogens with zero attached hydrogens (tertiary/aromatic N) is 2. The van der Waals surface area contributed by atoms with E-state index >= 15 is 0 Å². The van der Waals surface area contributed by atoms with Crippen molar-refractivity contribution >= 4 is 23.5 Å². The number of hydrogen-bond donors (Lipinski definition) is 1. The topological polar surface area (TPSA) is 100 Å². The van der Waals surface area contributed by atoms with E-state index in [1.807, 2.05) is 30.3 Å². The van der Waals surface area contributed by atoms with E-state index in [1.165, 1.54) is 6.08 Å². The number of carbonyl (C=O) groups excluding carboxylic acids is 2. The summed E-state index contributed by atoms with van der Waals surface area (Å²) in [6, 6.07) is 17.9. The number of aliphatic hydroxyl groups is 1. The van der Waals surface area contributed by atoms with E-state index in [9.17, 15) is 14.7 Å². The van der Waals surface area contributed by atoms with Gasteiger partial charge < -0.3 is 15.4 Å². The number of ketones is 1. The number of carbonyl (C=O) groups is 2. The minimum Gasteiger partial charge on any atom is -0.457 e. The Bertz CT molecular complexity index is 872. The highest BCUT2D eigenvalue weighted by Gasteiger charge is 2.38. The Kier molecular flexibility index (Phi) is 6.94. The largest absolute Gasteiger partial charge is 0.457 e. The van der Waals surface area contributed by atoms with Gasteiger partial charge in [-0.2, -0.15) is 4.79 Å². The summed E-state index contributed by atoms with van der Waals surface area (Å²) < 4.78 is 4.72. The van der Waals surface area contributed by atoms with E-state index in [0.717, 1.165) is 5.56 Å². The van der Waals surface area contributed by atoms with Crippen molar-refractivity contribution in [2.75, 3.05) is 6.61 Å². The summed E-state index contributed by atoms with van der Waals surface area (Å²) in [4.78, 5) is 27.0. The Labute approximate surface area is 157 Å². The SMILES string of the molecule is CCOC(=O)C(=[N+]=[N-])C(=O)CC(O)(/C=C/c1ccccc1)c1ccccc1. The lowest BCUT2D eigenvalue weighted by molar-refractivity contribution is -0.142. The molecule has 2 aromatic carbocycles. The molecule has 0 aliphatic carbocycles. The molecular formula is C21H20N2O4. The molecule has 0 amide bonds. The van der Waals surface area contributed by atoms with Gasteiger partial charge in [-0.1, -0.05) is 66.7 Å². The first-order chi connectivity index (χ1) is 13.0. The lowest BCUT2D eigenvalue weighted by Gasteiger charge is -2.23. The van der Waals surface area contributed by atoms with Crippen LogP contribution in [-0.4, -0.2) is 34.0 Å². The van der Waals surface area contributed by atoms with Gasteiger partial charge in [0, 0.05) is 0 Å². The van der Waals surface area contributed by atoms with Crippen LogP contribution < -0.4 is 0 Å². The van der Waals surface area contributed by atoms with Crippen LogP contribution in [0.1, 0.15) is 24.5 Å². The molecule has 0 bridgehead atoms. The van der Waals surface area contributed by atoms with Gasteiger partial charge in [0.2, 0.25) is 0 Å². The van der Waals surface area contributed by atoms with Gasteiger partial charge in [0.1, 0.15) is 5.60 Å². The zero-order chi connectivity index (χ0) is 19.7. The lowest BCUT2D eigenvalue weighted by atomic mass is 9.86. The predicted molar refractivity (Wildman–Crippen MR) is 101 cm³/mol. The van der Waals surface area contributed by atoms with E-state index in [1.54, 1.807) is 43.3 Å². The summed E-state index contributed by atoms with van der Waals surface area (Å²) >= 11 is 0. The van der Waals surface area contributed by atoms with Gasteiger partial charge in [-0.15, -0.1) is 0 Å². The number of esters is 1. The van der Waals surface area contributed by atoms with Crippen molar-refractivity contribution in [3.63, 3.8) is 0 Å². The molecule has 27 heavy (non-hydrogen) atoms. The normalized spacial score (nSPS) is 12.8. The number of benzene rings is 2. The fourth-order valence-electron chi connectivity index (χ4n) is 2.52. The lowest BCUT2D eigenvalue weighted by Crippen LogP contribution is -2.34. The highest BCUT2D eigenvalue weighted by atomic mass is 16.5. The van der Waals surface area contributed by atoms with Crippen LogP contribution in [0.2, 0.25) is 0 Å². The zero-order valence-electron chi connectivity index (χ0n) is 14.9. The summed E-state index contributed by atoms with van der Waals surface area (Å²) in [6.07, 6.45) is 2.68. The molecule has 0 saturated carbocycles. The summed E-state index contributed by atoms with van der Waals surface area (Å²) in [5.74, 6) is -1.87. The monoisotopic (exact) mass is 364 g/mol. The maximum Gasteiger partial charge on any atom is 0.441 e. The standard InChI is InChI=1S/C21H20N2O4/c1-2-27-20(25)19(23-22)18(24)15-21(26,17-11-7-4-8-12-17)14-13-16-9-5-3-6-10-16/h3-14,26H,2,15H2,1H3/b14-13+. The molecule has 138 valence electrons. The van der Waals surface area contributed by atoms with Crippen LogP contribution in [0.25, 0.3) is 11.6 Å². The molecule has 0 fully saturated rings. The van der Waals surface area contributed by atoms with Gasteiger partial charge in [0.25, 0.3) is 5.78 Å². The van der Waals surface area contributed by atoms with Crippen LogP contribution in [0, 0.1) is 0 Å². The van der Waals surface area contributed by atoms with Crippen molar-refractivity contribution < 1.29 is 24.2 Å². The Morgan fingerprint density at radius 2 is 1.70 bits per heavy atom. The number of Topliss-reactive ketones (excluding diaryl/α,β-unsaturated/α-hetero) is 1. The quantitative estimate of drug-likeness (QED) is 0.256. The molecule has 0 aliphatic heterocycles. The molecule has 2 rings (SSSR count). The molecule has 0 radical (unpaired) electrons. The number of ether oxygens (including phenoxy) is 1. The Morgan fingerprint density at radius 1 is 1.11 bits per heavy atom. The first-order valence-corrected chi connectivity index (χ1v) is 8.44. The first-order valence-electron chi connectivity index (χ1n) is 8.44. The van der Waals surface area contributed by atoms with Crippen molar-refractivity contribution in [3.05, 3.63) is 83.4 Å². The molecule has 1 atom stereocenters. The molecule has 0 spiro atoms. The van der Waals surface area contributed by atoms with E-state index in [4.69, 9.17) is 10.3 Å². The number of rotatable bonds is 8. The Balaban J connectivity index is 2.36. The third-order valence-corrected chi connectivity index (χ3v) is 3.89. The Morgan fingerprint density at radius 3 is 2.26 bits per heavy atom. The average Bonchev–Trinajstić information content (AvgIpc) is 2.69. The molecule has 2 aromatic rings. The third-order valence-electron chi connectivity index (χ3n) is 3.89. The van der Waals surface area contributed by atoms with Crippen LogP contribution in [0.3, 0.4) is 0 Å². The summed E-state index contributed by atoms with van der Waals surface area (Å²) in [5, 5.41) is 11.2. The van der Waals surface area contributed by atoms with Crippen LogP contribution in [0.4, 0.5) is 0 Å². The molecule has 0 aromatic heterocycles. The maximum absolute atomic E-state index is 12.5. The van der Waals surface area contributed by atoms with Gasteiger partial charge in [0.05, 0.1) is 13.0 Å². The summed E-state index contributed by atoms with van der Waals surface area (Å²) in [5.41, 5.74) is 7.89. The van der Waals surface area contributed by atoms with Crippen molar-refractivity contribution in [1.29, 1.82) is 0 Å². The van der Waals surface area contributed by atoms with Crippen molar-refractivity contribution in [3.8, 4) is 0 Å². The molecule has 1 unspecified atom stereocenters. The molecule has 0 aliphatic rings. The minimum atomic E-state index is -1.70. The first kappa shape index (κ1) is 20.0. The number of hydrogen-bond acceptors (Lipinski definition) is 4. The average molecular weight is 364 g/mol. The Hall–Kier alpha value is -3.34. The predicted octanol–water partition coefficient (Wildman–Crippen LogP) is 2.78. The van der Waals surface area contributed by atoms with Gasteiger partial charge >= 0.3 is 11.7 Å². The maximum atomic E-state index is 12.5. The van der Waals surface area contributed by atoms with Crippen LogP contribution in [-0.2, 0) is 19.9 Å². The van der Waals surface area contributed by atoms with Gasteiger partial charge in [0.15, 0.2) is 0 Å². The van der Waals surface area contributed by atoms with Crippen LogP contribution in [0.5, 0.6) is 0 Å². The zero-order valence-corrected chi connectivity index (χ0v) is 14.9. The van der Waals surface area contributed by atoms with Crippen molar-refractivity contribution in [1.82, 2.24) is 0 Å².